The molecule has 1 aromatic rings. The van der Waals surface area contributed by atoms with Crippen LogP contribution in [0.25, 0.3) is 0 Å². The van der Waals surface area contributed by atoms with Crippen molar-refractivity contribution in [2.24, 2.45) is 0 Å². The van der Waals surface area contributed by atoms with Crippen LogP contribution in [0, 0.1) is 0 Å². The molecule has 0 aliphatic rings. The lowest BCUT2D eigenvalue weighted by atomic mass is 10.4. The van der Waals surface area contributed by atoms with E-state index in [1.54, 1.807) is 10.6 Å². The van der Waals surface area contributed by atoms with E-state index in [-0.39, 0.29) is 11.4 Å². The Kier molecular flexibility index (Phi) is 4.75. The van der Waals surface area contributed by atoms with Gasteiger partial charge in [0.25, 0.3) is 5.56 Å². The normalized spacial score (nSPS) is 10.2. The summed E-state index contributed by atoms with van der Waals surface area (Å²) in [6, 6.07) is 1.14. The number of anilines is 1. The van der Waals surface area contributed by atoms with E-state index in [0.29, 0.717) is 18.9 Å². The van der Waals surface area contributed by atoms with Gasteiger partial charge in [0, 0.05) is 19.6 Å². The topological polar surface area (TPSA) is 58.4 Å². The summed E-state index contributed by atoms with van der Waals surface area (Å²) in [4.78, 5) is 17.8. The lowest BCUT2D eigenvalue weighted by Gasteiger charge is -2.23. The molecule has 1 rings (SSSR count). The van der Waals surface area contributed by atoms with Gasteiger partial charge in [-0.05, 0) is 20.3 Å². The van der Waals surface area contributed by atoms with E-state index in [9.17, 15) is 9.90 Å². The highest BCUT2D eigenvalue weighted by Gasteiger charge is 2.12. The van der Waals surface area contributed by atoms with Crippen LogP contribution in [0.15, 0.2) is 23.5 Å². The maximum absolute atomic E-state index is 11.8. The van der Waals surface area contributed by atoms with Gasteiger partial charge in [0.15, 0.2) is 0 Å². The first kappa shape index (κ1) is 13.3. The van der Waals surface area contributed by atoms with E-state index in [1.807, 2.05) is 18.7 Å². The first-order chi connectivity index (χ1) is 8.13. The molecule has 0 spiro atoms. The summed E-state index contributed by atoms with van der Waals surface area (Å²) in [5.41, 5.74) is -0.235. The van der Waals surface area contributed by atoms with E-state index >= 15 is 0 Å². The Balaban J connectivity index is 3.23. The van der Waals surface area contributed by atoms with E-state index < -0.39 is 0 Å². The van der Waals surface area contributed by atoms with Crippen LogP contribution in [-0.4, -0.2) is 27.7 Å². The second-order valence-corrected chi connectivity index (χ2v) is 3.65. The SMILES string of the molecule is C=CCCn1c(N(CC)CC)nc(O)cc1=O. The highest BCUT2D eigenvalue weighted by molar-refractivity contribution is 5.33. The molecule has 0 saturated heterocycles. The fourth-order valence-corrected chi connectivity index (χ4v) is 1.66. The minimum absolute atomic E-state index is 0.230. The van der Waals surface area contributed by atoms with Crippen LogP contribution < -0.4 is 10.5 Å². The van der Waals surface area contributed by atoms with Crippen LogP contribution in [0.5, 0.6) is 5.88 Å². The Labute approximate surface area is 101 Å². The molecule has 5 nitrogen and oxygen atoms in total. The van der Waals surface area contributed by atoms with E-state index in [1.165, 1.54) is 0 Å². The molecule has 0 atom stereocenters. The largest absolute Gasteiger partial charge is 0.493 e. The average Bonchev–Trinajstić information content (AvgIpc) is 2.29. The average molecular weight is 237 g/mol. The summed E-state index contributed by atoms with van der Waals surface area (Å²) in [5.74, 6) is 0.286. The van der Waals surface area contributed by atoms with E-state index in [4.69, 9.17) is 0 Å². The molecule has 1 N–H and O–H groups in total. The van der Waals surface area contributed by atoms with Crippen molar-refractivity contribution < 1.29 is 5.11 Å². The maximum Gasteiger partial charge on any atom is 0.258 e. The summed E-state index contributed by atoms with van der Waals surface area (Å²) in [5, 5.41) is 9.41. The summed E-state index contributed by atoms with van der Waals surface area (Å²) < 4.78 is 1.56. The van der Waals surface area contributed by atoms with E-state index in [2.05, 4.69) is 11.6 Å². The predicted molar refractivity (Wildman–Crippen MR) is 68.5 cm³/mol. The van der Waals surface area contributed by atoms with Crippen molar-refractivity contribution in [3.05, 3.63) is 29.1 Å². The lowest BCUT2D eigenvalue weighted by molar-refractivity contribution is 0.445. The molecule has 0 saturated carbocycles. The van der Waals surface area contributed by atoms with Crippen LogP contribution in [0.1, 0.15) is 20.3 Å². The summed E-state index contributed by atoms with van der Waals surface area (Å²) in [6.07, 6.45) is 2.45. The molecule has 1 heterocycles. The standard InChI is InChI=1S/C12H19N3O2/c1-4-7-8-15-11(17)9-10(16)13-12(15)14(5-2)6-3/h4,9,16H,1,5-8H2,2-3H3. The molecule has 5 heteroatoms. The molecule has 0 bridgehead atoms. The van der Waals surface area contributed by atoms with Gasteiger partial charge in [-0.3, -0.25) is 9.36 Å². The maximum atomic E-state index is 11.8. The quantitative estimate of drug-likeness (QED) is 0.759. The zero-order chi connectivity index (χ0) is 12.8. The van der Waals surface area contributed by atoms with Gasteiger partial charge in [0.1, 0.15) is 0 Å². The molecular weight excluding hydrogens is 218 g/mol. The molecule has 0 fully saturated rings. The fraction of sp³-hybridized carbons (Fsp3) is 0.500. The minimum atomic E-state index is -0.235. The summed E-state index contributed by atoms with van der Waals surface area (Å²) in [6.45, 7) is 9.61. The number of rotatable bonds is 6. The van der Waals surface area contributed by atoms with Crippen molar-refractivity contribution in [2.45, 2.75) is 26.8 Å². The third kappa shape index (κ3) is 3.09. The number of hydrogen-bond acceptors (Lipinski definition) is 4. The Hall–Kier alpha value is -1.78. The monoisotopic (exact) mass is 237 g/mol. The molecule has 0 aromatic carbocycles. The number of aromatic nitrogens is 2. The van der Waals surface area contributed by atoms with Crippen molar-refractivity contribution >= 4 is 5.95 Å². The Morgan fingerprint density at radius 1 is 1.53 bits per heavy atom. The molecule has 0 amide bonds. The molecular formula is C12H19N3O2. The smallest absolute Gasteiger partial charge is 0.258 e. The van der Waals surface area contributed by atoms with Crippen molar-refractivity contribution in [1.29, 1.82) is 0 Å². The zero-order valence-corrected chi connectivity index (χ0v) is 10.4. The number of aromatic hydroxyl groups is 1. The molecule has 0 aliphatic carbocycles. The van der Waals surface area contributed by atoms with Gasteiger partial charge in [-0.1, -0.05) is 6.08 Å². The Bertz CT molecular complexity index is 436. The minimum Gasteiger partial charge on any atom is -0.493 e. The van der Waals surface area contributed by atoms with Gasteiger partial charge in [-0.25, -0.2) is 0 Å². The highest BCUT2D eigenvalue weighted by atomic mass is 16.3. The summed E-state index contributed by atoms with van der Waals surface area (Å²) in [7, 11) is 0. The number of hydrogen-bond donors (Lipinski definition) is 1. The number of nitrogens with zero attached hydrogens (tertiary/aromatic N) is 3. The van der Waals surface area contributed by atoms with Gasteiger partial charge in [0.2, 0.25) is 11.8 Å². The molecule has 94 valence electrons. The molecule has 0 radical (unpaired) electrons. The third-order valence-corrected chi connectivity index (χ3v) is 2.58. The highest BCUT2D eigenvalue weighted by Crippen LogP contribution is 2.13. The molecule has 1 aromatic heterocycles. The summed E-state index contributed by atoms with van der Waals surface area (Å²) >= 11 is 0. The Morgan fingerprint density at radius 2 is 2.18 bits per heavy atom. The van der Waals surface area contributed by atoms with Crippen LogP contribution in [0.4, 0.5) is 5.95 Å². The van der Waals surface area contributed by atoms with Crippen LogP contribution in [0.2, 0.25) is 0 Å². The van der Waals surface area contributed by atoms with E-state index in [0.717, 1.165) is 19.2 Å². The van der Waals surface area contributed by atoms with Crippen molar-refractivity contribution in [3.63, 3.8) is 0 Å². The second-order valence-electron chi connectivity index (χ2n) is 3.65. The third-order valence-electron chi connectivity index (χ3n) is 2.58. The Morgan fingerprint density at radius 3 is 2.71 bits per heavy atom. The zero-order valence-electron chi connectivity index (χ0n) is 10.4. The first-order valence-corrected chi connectivity index (χ1v) is 5.80. The molecule has 0 aliphatic heterocycles. The fourth-order valence-electron chi connectivity index (χ4n) is 1.66. The lowest BCUT2D eigenvalue weighted by Crippen LogP contribution is -2.32. The predicted octanol–water partition coefficient (Wildman–Crippen LogP) is 1.37. The van der Waals surface area contributed by atoms with Crippen molar-refractivity contribution in [1.82, 2.24) is 9.55 Å². The van der Waals surface area contributed by atoms with Crippen molar-refractivity contribution in [2.75, 3.05) is 18.0 Å². The van der Waals surface area contributed by atoms with Gasteiger partial charge < -0.3 is 10.0 Å². The molecule has 17 heavy (non-hydrogen) atoms. The number of allylic oxidation sites excluding steroid dienone is 1. The first-order valence-electron chi connectivity index (χ1n) is 5.80. The van der Waals surface area contributed by atoms with Gasteiger partial charge in [0.05, 0.1) is 6.07 Å². The van der Waals surface area contributed by atoms with Gasteiger partial charge in [-0.15, -0.1) is 6.58 Å². The second kappa shape index (κ2) is 6.08. The van der Waals surface area contributed by atoms with Gasteiger partial charge >= 0.3 is 0 Å². The van der Waals surface area contributed by atoms with Crippen LogP contribution in [-0.2, 0) is 6.54 Å². The van der Waals surface area contributed by atoms with Gasteiger partial charge in [-0.2, -0.15) is 4.98 Å². The van der Waals surface area contributed by atoms with Crippen LogP contribution >= 0.6 is 0 Å². The van der Waals surface area contributed by atoms with Crippen molar-refractivity contribution in [3.8, 4) is 5.88 Å². The molecule has 0 unspecified atom stereocenters. The van der Waals surface area contributed by atoms with Crippen LogP contribution in [0.3, 0.4) is 0 Å².